The normalized spacial score (nSPS) is 20.2. The molecule has 1 atom stereocenters. The van der Waals surface area contributed by atoms with Crippen molar-refractivity contribution < 1.29 is 9.21 Å². The van der Waals surface area contributed by atoms with Crippen molar-refractivity contribution in [2.75, 3.05) is 31.1 Å². The number of amides is 1. The number of furan rings is 1. The molecule has 7 nitrogen and oxygen atoms in total. The summed E-state index contributed by atoms with van der Waals surface area (Å²) in [7, 11) is 0. The Morgan fingerprint density at radius 2 is 2.04 bits per heavy atom. The second-order valence-electron chi connectivity index (χ2n) is 7.79. The third-order valence-electron chi connectivity index (χ3n) is 5.85. The maximum atomic E-state index is 12.6. The molecule has 2 saturated heterocycles. The Labute approximate surface area is 163 Å². The van der Waals surface area contributed by atoms with Crippen LogP contribution in [-0.2, 0) is 11.2 Å². The number of pyridine rings is 1. The number of nitrogens with zero attached hydrogens (tertiary/aromatic N) is 5. The highest BCUT2D eigenvalue weighted by Crippen LogP contribution is 2.27. The van der Waals surface area contributed by atoms with Gasteiger partial charge >= 0.3 is 0 Å². The van der Waals surface area contributed by atoms with Gasteiger partial charge in [0.15, 0.2) is 11.5 Å². The first kappa shape index (κ1) is 17.3. The van der Waals surface area contributed by atoms with Crippen molar-refractivity contribution in [2.24, 2.45) is 0 Å². The van der Waals surface area contributed by atoms with Gasteiger partial charge in [0, 0.05) is 32.1 Å². The zero-order valence-corrected chi connectivity index (χ0v) is 16.0. The zero-order chi connectivity index (χ0) is 18.9. The molecule has 146 valence electrons. The summed E-state index contributed by atoms with van der Waals surface area (Å²) in [4.78, 5) is 21.7. The van der Waals surface area contributed by atoms with Crippen LogP contribution in [0, 0.1) is 0 Å². The Morgan fingerprint density at radius 3 is 2.86 bits per heavy atom. The number of hydrogen-bond acceptors (Lipinski definition) is 5. The molecule has 7 heteroatoms. The van der Waals surface area contributed by atoms with E-state index in [4.69, 9.17) is 14.5 Å². The number of aromatic nitrogens is 3. The van der Waals surface area contributed by atoms with Crippen LogP contribution in [-0.4, -0.2) is 51.6 Å². The predicted molar refractivity (Wildman–Crippen MR) is 105 cm³/mol. The van der Waals surface area contributed by atoms with Gasteiger partial charge in [-0.25, -0.2) is 9.50 Å². The van der Waals surface area contributed by atoms with Crippen molar-refractivity contribution in [3.05, 3.63) is 48.3 Å². The summed E-state index contributed by atoms with van der Waals surface area (Å²) in [5.41, 5.74) is 2.08. The van der Waals surface area contributed by atoms with E-state index in [0.717, 1.165) is 43.9 Å². The van der Waals surface area contributed by atoms with Gasteiger partial charge in [0.05, 0.1) is 24.6 Å². The van der Waals surface area contributed by atoms with E-state index in [2.05, 4.69) is 17.2 Å². The molecule has 2 fully saturated rings. The standard InChI is InChI=1S/C21H25N5O2/c27-20(13-18-6-4-12-28-18)25-11-3-5-16(14-25)21-22-19-8-7-17(15-26(19)23-21)24-9-1-2-10-24/h4,6-8,12,15-16H,1-3,5,9-11,13-14H2/t16-/m0/s1. The minimum Gasteiger partial charge on any atom is -0.469 e. The maximum Gasteiger partial charge on any atom is 0.230 e. The van der Waals surface area contributed by atoms with Gasteiger partial charge in [-0.3, -0.25) is 4.79 Å². The van der Waals surface area contributed by atoms with Crippen molar-refractivity contribution in [1.29, 1.82) is 0 Å². The lowest BCUT2D eigenvalue weighted by molar-refractivity contribution is -0.132. The topological polar surface area (TPSA) is 66.9 Å². The molecule has 0 aliphatic carbocycles. The molecule has 3 aromatic rings. The summed E-state index contributed by atoms with van der Waals surface area (Å²) in [5.74, 6) is 1.85. The van der Waals surface area contributed by atoms with Crippen LogP contribution >= 0.6 is 0 Å². The highest BCUT2D eigenvalue weighted by atomic mass is 16.3. The van der Waals surface area contributed by atoms with Crippen LogP contribution in [0.25, 0.3) is 5.65 Å². The van der Waals surface area contributed by atoms with Crippen LogP contribution in [0.5, 0.6) is 0 Å². The maximum absolute atomic E-state index is 12.6. The van der Waals surface area contributed by atoms with E-state index in [1.54, 1.807) is 6.26 Å². The highest BCUT2D eigenvalue weighted by Gasteiger charge is 2.28. The Bertz CT molecular complexity index is 959. The fourth-order valence-corrected chi connectivity index (χ4v) is 4.31. The smallest absolute Gasteiger partial charge is 0.230 e. The van der Waals surface area contributed by atoms with E-state index < -0.39 is 0 Å². The van der Waals surface area contributed by atoms with Gasteiger partial charge in [0.25, 0.3) is 0 Å². The summed E-state index contributed by atoms with van der Waals surface area (Å²) >= 11 is 0. The zero-order valence-electron chi connectivity index (χ0n) is 16.0. The lowest BCUT2D eigenvalue weighted by Crippen LogP contribution is -2.40. The van der Waals surface area contributed by atoms with E-state index in [1.807, 2.05) is 27.6 Å². The molecule has 28 heavy (non-hydrogen) atoms. The van der Waals surface area contributed by atoms with Gasteiger partial charge in [-0.05, 0) is 49.9 Å². The molecule has 3 aromatic heterocycles. The van der Waals surface area contributed by atoms with Crippen LogP contribution in [0.15, 0.2) is 41.1 Å². The fraction of sp³-hybridized carbons (Fsp3) is 0.476. The van der Waals surface area contributed by atoms with Crippen LogP contribution in [0.3, 0.4) is 0 Å². The molecule has 1 amide bonds. The van der Waals surface area contributed by atoms with Gasteiger partial charge in [-0.1, -0.05) is 0 Å². The summed E-state index contributed by atoms with van der Waals surface area (Å²) in [6.45, 7) is 3.70. The molecule has 5 heterocycles. The molecule has 0 unspecified atom stereocenters. The van der Waals surface area contributed by atoms with Gasteiger partial charge in [-0.15, -0.1) is 0 Å². The van der Waals surface area contributed by atoms with Crippen LogP contribution in [0.2, 0.25) is 0 Å². The second-order valence-corrected chi connectivity index (χ2v) is 7.79. The van der Waals surface area contributed by atoms with Gasteiger partial charge in [0.2, 0.25) is 5.91 Å². The predicted octanol–water partition coefficient (Wildman–Crippen LogP) is 2.87. The molecule has 0 N–H and O–H groups in total. The van der Waals surface area contributed by atoms with Crippen LogP contribution in [0.1, 0.15) is 43.2 Å². The Hall–Kier alpha value is -2.83. The lowest BCUT2D eigenvalue weighted by Gasteiger charge is -2.31. The number of carbonyl (C=O) groups excluding carboxylic acids is 1. The van der Waals surface area contributed by atoms with Crippen molar-refractivity contribution >= 4 is 17.2 Å². The van der Waals surface area contributed by atoms with E-state index in [1.165, 1.54) is 18.5 Å². The monoisotopic (exact) mass is 379 g/mol. The van der Waals surface area contributed by atoms with Crippen molar-refractivity contribution in [3.8, 4) is 0 Å². The molecule has 0 radical (unpaired) electrons. The quantitative estimate of drug-likeness (QED) is 0.697. The second kappa shape index (κ2) is 7.30. The molecular weight excluding hydrogens is 354 g/mol. The third kappa shape index (κ3) is 3.37. The average Bonchev–Trinajstić information content (AvgIpc) is 3.48. The third-order valence-corrected chi connectivity index (χ3v) is 5.85. The van der Waals surface area contributed by atoms with Crippen molar-refractivity contribution in [1.82, 2.24) is 19.5 Å². The SMILES string of the molecule is O=C(Cc1ccco1)N1CCC[C@H](c2nc3ccc(N4CCCC4)cn3n2)C1. The number of hydrogen-bond donors (Lipinski definition) is 0. The first-order valence-corrected chi connectivity index (χ1v) is 10.2. The van der Waals surface area contributed by atoms with E-state index in [9.17, 15) is 4.79 Å². The van der Waals surface area contributed by atoms with E-state index in [0.29, 0.717) is 18.7 Å². The van der Waals surface area contributed by atoms with Gasteiger partial charge in [-0.2, -0.15) is 5.10 Å². The minimum atomic E-state index is 0.111. The Kier molecular flexibility index (Phi) is 4.50. The fourth-order valence-electron chi connectivity index (χ4n) is 4.31. The van der Waals surface area contributed by atoms with Crippen LogP contribution < -0.4 is 4.90 Å². The molecule has 2 aliphatic rings. The number of carbonyl (C=O) groups is 1. The van der Waals surface area contributed by atoms with Crippen molar-refractivity contribution in [2.45, 2.75) is 38.0 Å². The lowest BCUT2D eigenvalue weighted by atomic mass is 9.97. The molecule has 5 rings (SSSR count). The number of piperidine rings is 1. The summed E-state index contributed by atoms with van der Waals surface area (Å²) in [5, 5.41) is 4.76. The molecular formula is C21H25N5O2. The van der Waals surface area contributed by atoms with E-state index in [-0.39, 0.29) is 11.8 Å². The Balaban J connectivity index is 1.32. The van der Waals surface area contributed by atoms with E-state index >= 15 is 0 Å². The molecule has 0 saturated carbocycles. The Morgan fingerprint density at radius 1 is 1.14 bits per heavy atom. The van der Waals surface area contributed by atoms with Crippen molar-refractivity contribution in [3.63, 3.8) is 0 Å². The van der Waals surface area contributed by atoms with Crippen LogP contribution in [0.4, 0.5) is 5.69 Å². The van der Waals surface area contributed by atoms with Gasteiger partial charge in [0.1, 0.15) is 5.76 Å². The number of anilines is 1. The minimum absolute atomic E-state index is 0.111. The summed E-state index contributed by atoms with van der Waals surface area (Å²) in [6, 6.07) is 7.85. The molecule has 2 aliphatic heterocycles. The number of rotatable bonds is 4. The first-order chi connectivity index (χ1) is 13.8. The van der Waals surface area contributed by atoms with Gasteiger partial charge < -0.3 is 14.2 Å². The summed E-state index contributed by atoms with van der Waals surface area (Å²) in [6.07, 6.45) is 8.51. The number of fused-ring (bicyclic) bond motifs is 1. The molecule has 0 bridgehead atoms. The average molecular weight is 379 g/mol. The highest BCUT2D eigenvalue weighted by molar-refractivity contribution is 5.78. The summed E-state index contributed by atoms with van der Waals surface area (Å²) < 4.78 is 7.22. The number of likely N-dealkylation sites (tertiary alicyclic amines) is 1. The first-order valence-electron chi connectivity index (χ1n) is 10.2. The molecule has 0 spiro atoms. The largest absolute Gasteiger partial charge is 0.469 e. The molecule has 0 aromatic carbocycles.